The Balaban J connectivity index is 1.72. The first kappa shape index (κ1) is 19.0. The molecule has 5 nitrogen and oxygen atoms in total. The van der Waals surface area contributed by atoms with Gasteiger partial charge in [-0.1, -0.05) is 12.1 Å². The number of hydrogen-bond donors (Lipinski definition) is 1. The van der Waals surface area contributed by atoms with Crippen LogP contribution >= 0.6 is 0 Å². The number of aromatic amines is 1. The Morgan fingerprint density at radius 3 is 2.77 bits per heavy atom. The van der Waals surface area contributed by atoms with E-state index in [0.717, 1.165) is 17.5 Å². The van der Waals surface area contributed by atoms with Gasteiger partial charge in [-0.15, -0.1) is 0 Å². The first-order chi connectivity index (χ1) is 14.4. The fourth-order valence-corrected chi connectivity index (χ4v) is 4.01. The van der Waals surface area contributed by atoms with Gasteiger partial charge in [-0.3, -0.25) is 0 Å². The van der Waals surface area contributed by atoms with Gasteiger partial charge in [-0.2, -0.15) is 0 Å². The van der Waals surface area contributed by atoms with Gasteiger partial charge in [0.25, 0.3) is 5.92 Å². The molecule has 1 fully saturated rings. The highest BCUT2D eigenvalue weighted by atomic mass is 19.3. The number of rotatable bonds is 3. The number of benzene rings is 1. The lowest BCUT2D eigenvalue weighted by molar-refractivity contribution is 0.0257. The summed E-state index contributed by atoms with van der Waals surface area (Å²) in [4.78, 5) is 13.6. The molecule has 0 bridgehead atoms. The second kappa shape index (κ2) is 7.09. The van der Waals surface area contributed by atoms with Gasteiger partial charge in [0.15, 0.2) is 11.6 Å². The number of pyridine rings is 1. The normalized spacial score (nSPS) is 17.9. The number of H-pyrrole nitrogens is 1. The zero-order chi connectivity index (χ0) is 20.9. The van der Waals surface area contributed by atoms with Crippen LogP contribution in [-0.2, 0) is 17.8 Å². The first-order valence-corrected chi connectivity index (χ1v) is 9.65. The standard InChI is InChI=1S/C21H18F4N4O/c22-14-3-1-2-13(18(14)23)12-4-7-26-20(29-8-6-21(24,25)11-29)17(12)19-27-15-5-9-30-10-16(15)28-19/h1-4,7H,5-6,8-11H2,(H,27,28). The highest BCUT2D eigenvalue weighted by Crippen LogP contribution is 2.41. The molecule has 4 heterocycles. The van der Waals surface area contributed by atoms with Gasteiger partial charge in [0.2, 0.25) is 0 Å². The lowest BCUT2D eigenvalue weighted by atomic mass is 9.99. The number of nitrogens with zero attached hydrogens (tertiary/aromatic N) is 3. The van der Waals surface area contributed by atoms with Gasteiger partial charge in [0, 0.05) is 36.7 Å². The molecule has 1 saturated heterocycles. The number of imidazole rings is 1. The molecule has 0 atom stereocenters. The van der Waals surface area contributed by atoms with Crippen LogP contribution in [0.25, 0.3) is 22.5 Å². The number of halogens is 4. The molecule has 1 aromatic carbocycles. The SMILES string of the molecule is Fc1cccc(-c2ccnc(N3CCC(F)(F)C3)c2-c2nc3c([nH]2)COCC3)c1F. The largest absolute Gasteiger partial charge is 0.375 e. The summed E-state index contributed by atoms with van der Waals surface area (Å²) in [5.74, 6) is -4.20. The summed E-state index contributed by atoms with van der Waals surface area (Å²) < 4.78 is 61.9. The van der Waals surface area contributed by atoms with Crippen LogP contribution in [0.15, 0.2) is 30.5 Å². The van der Waals surface area contributed by atoms with E-state index in [9.17, 15) is 17.6 Å². The Labute approximate surface area is 169 Å². The second-order valence-corrected chi connectivity index (χ2v) is 7.50. The fraction of sp³-hybridized carbons (Fsp3) is 0.333. The van der Waals surface area contributed by atoms with Crippen molar-refractivity contribution in [3.63, 3.8) is 0 Å². The number of ether oxygens (including phenoxy) is 1. The Morgan fingerprint density at radius 1 is 1.13 bits per heavy atom. The molecule has 1 N–H and O–H groups in total. The highest BCUT2D eigenvalue weighted by Gasteiger charge is 2.40. The summed E-state index contributed by atoms with van der Waals surface area (Å²) in [6, 6.07) is 5.43. The van der Waals surface area contributed by atoms with E-state index in [4.69, 9.17) is 4.74 Å². The van der Waals surface area contributed by atoms with Crippen LogP contribution in [0.5, 0.6) is 0 Å². The van der Waals surface area contributed by atoms with E-state index in [1.807, 2.05) is 0 Å². The molecule has 5 rings (SSSR count). The van der Waals surface area contributed by atoms with Crippen molar-refractivity contribution in [2.24, 2.45) is 0 Å². The first-order valence-electron chi connectivity index (χ1n) is 9.65. The monoisotopic (exact) mass is 418 g/mol. The highest BCUT2D eigenvalue weighted by molar-refractivity contribution is 5.88. The average molecular weight is 418 g/mol. The van der Waals surface area contributed by atoms with Crippen molar-refractivity contribution >= 4 is 5.82 Å². The summed E-state index contributed by atoms with van der Waals surface area (Å²) in [6.45, 7) is 0.488. The zero-order valence-electron chi connectivity index (χ0n) is 15.9. The third kappa shape index (κ3) is 3.23. The molecule has 0 aliphatic carbocycles. The number of aromatic nitrogens is 3. The van der Waals surface area contributed by atoms with Gasteiger partial charge in [0.1, 0.15) is 11.6 Å². The number of nitrogens with one attached hydrogen (secondary N) is 1. The summed E-state index contributed by atoms with van der Waals surface area (Å²) in [6.07, 6.45) is 1.73. The predicted octanol–water partition coefficient (Wildman–Crippen LogP) is 4.34. The van der Waals surface area contributed by atoms with E-state index in [1.54, 1.807) is 6.07 Å². The lowest BCUT2D eigenvalue weighted by Crippen LogP contribution is -2.26. The minimum Gasteiger partial charge on any atom is -0.375 e. The smallest absolute Gasteiger partial charge is 0.266 e. The summed E-state index contributed by atoms with van der Waals surface area (Å²) in [7, 11) is 0. The fourth-order valence-electron chi connectivity index (χ4n) is 4.01. The molecule has 2 aliphatic heterocycles. The number of alkyl halides is 2. The third-order valence-corrected chi connectivity index (χ3v) is 5.47. The van der Waals surface area contributed by atoms with Gasteiger partial charge in [-0.25, -0.2) is 27.5 Å². The van der Waals surface area contributed by atoms with Gasteiger partial charge >= 0.3 is 0 Å². The molecular weight excluding hydrogens is 400 g/mol. The number of fused-ring (bicyclic) bond motifs is 1. The van der Waals surface area contributed by atoms with Gasteiger partial charge in [0.05, 0.1) is 36.7 Å². The lowest BCUT2D eigenvalue weighted by Gasteiger charge is -2.22. The van der Waals surface area contributed by atoms with Crippen molar-refractivity contribution in [3.05, 3.63) is 53.5 Å². The molecule has 2 aliphatic rings. The van der Waals surface area contributed by atoms with Gasteiger partial charge < -0.3 is 14.6 Å². The van der Waals surface area contributed by atoms with E-state index in [0.29, 0.717) is 36.6 Å². The van der Waals surface area contributed by atoms with Gasteiger partial charge in [-0.05, 0) is 12.1 Å². The minimum atomic E-state index is -2.84. The Hall–Kier alpha value is -2.94. The maximum Gasteiger partial charge on any atom is 0.266 e. The van der Waals surface area contributed by atoms with Crippen LogP contribution < -0.4 is 4.90 Å². The molecule has 0 saturated carbocycles. The topological polar surface area (TPSA) is 54.0 Å². The van der Waals surface area contributed by atoms with E-state index in [-0.39, 0.29) is 24.3 Å². The molecule has 0 amide bonds. The van der Waals surface area contributed by atoms with Crippen molar-refractivity contribution in [1.29, 1.82) is 0 Å². The van der Waals surface area contributed by atoms with E-state index < -0.39 is 24.1 Å². The van der Waals surface area contributed by atoms with Crippen molar-refractivity contribution in [1.82, 2.24) is 15.0 Å². The maximum absolute atomic E-state index is 14.7. The van der Waals surface area contributed by atoms with Crippen molar-refractivity contribution in [3.8, 4) is 22.5 Å². The van der Waals surface area contributed by atoms with Crippen molar-refractivity contribution < 1.29 is 22.3 Å². The molecule has 0 unspecified atom stereocenters. The summed E-state index contributed by atoms with van der Waals surface area (Å²) in [5, 5.41) is 0. The van der Waals surface area contributed by atoms with Crippen LogP contribution in [0.3, 0.4) is 0 Å². The maximum atomic E-state index is 14.7. The Morgan fingerprint density at radius 2 is 2.00 bits per heavy atom. The van der Waals surface area contributed by atoms with Crippen LogP contribution in [0.2, 0.25) is 0 Å². The van der Waals surface area contributed by atoms with Crippen LogP contribution in [0.4, 0.5) is 23.4 Å². The zero-order valence-corrected chi connectivity index (χ0v) is 15.9. The third-order valence-electron chi connectivity index (χ3n) is 5.47. The van der Waals surface area contributed by atoms with Crippen LogP contribution in [0, 0.1) is 11.6 Å². The van der Waals surface area contributed by atoms with Crippen LogP contribution in [-0.4, -0.2) is 40.6 Å². The second-order valence-electron chi connectivity index (χ2n) is 7.50. The molecule has 156 valence electrons. The average Bonchev–Trinajstić information content (AvgIpc) is 3.32. The number of anilines is 1. The molecule has 3 aromatic rings. The molecule has 2 aromatic heterocycles. The van der Waals surface area contributed by atoms with Crippen molar-refractivity contribution in [2.45, 2.75) is 25.4 Å². The molecule has 0 radical (unpaired) electrons. The van der Waals surface area contributed by atoms with E-state index in [1.165, 1.54) is 23.2 Å². The molecular formula is C21H18F4N4O. The molecule has 30 heavy (non-hydrogen) atoms. The Bertz CT molecular complexity index is 1090. The Kier molecular flexibility index (Phi) is 4.50. The van der Waals surface area contributed by atoms with E-state index in [2.05, 4.69) is 15.0 Å². The molecule has 9 heteroatoms. The molecule has 0 spiro atoms. The quantitative estimate of drug-likeness (QED) is 0.644. The predicted molar refractivity (Wildman–Crippen MR) is 102 cm³/mol. The van der Waals surface area contributed by atoms with Crippen LogP contribution in [0.1, 0.15) is 17.8 Å². The minimum absolute atomic E-state index is 0.0187. The van der Waals surface area contributed by atoms with E-state index >= 15 is 0 Å². The van der Waals surface area contributed by atoms with Crippen molar-refractivity contribution in [2.75, 3.05) is 24.6 Å². The summed E-state index contributed by atoms with van der Waals surface area (Å²) >= 11 is 0. The number of hydrogen-bond acceptors (Lipinski definition) is 4. The summed E-state index contributed by atoms with van der Waals surface area (Å²) in [5.41, 5.74) is 2.31.